The molecule has 0 atom stereocenters. The largest absolute Gasteiger partial charge is 0.497 e. The number of hydrogen-bond acceptors (Lipinski definition) is 6. The minimum absolute atomic E-state index is 0.0578. The molecule has 5 rings (SSSR count). The molecule has 34 heavy (non-hydrogen) atoms. The average Bonchev–Trinajstić information content (AvgIpc) is 3.03. The lowest BCUT2D eigenvalue weighted by molar-refractivity contribution is 0.0629. The number of fused-ring (bicyclic) bond motifs is 3. The van der Waals surface area contributed by atoms with E-state index in [2.05, 4.69) is 9.47 Å². The van der Waals surface area contributed by atoms with E-state index in [-0.39, 0.29) is 5.91 Å². The lowest BCUT2D eigenvalue weighted by Gasteiger charge is -2.35. The molecule has 8 heteroatoms. The number of benzene rings is 1. The maximum Gasteiger partial charge on any atom is 0.256 e. The van der Waals surface area contributed by atoms with Gasteiger partial charge in [-0.25, -0.2) is 9.97 Å². The smallest absolute Gasteiger partial charge is 0.256 e. The first-order chi connectivity index (χ1) is 16.6. The summed E-state index contributed by atoms with van der Waals surface area (Å²) in [7, 11) is 3.36. The van der Waals surface area contributed by atoms with Crippen LogP contribution in [0.2, 0.25) is 0 Å². The van der Waals surface area contributed by atoms with Crippen molar-refractivity contribution in [3.05, 3.63) is 46.9 Å². The number of carbonyl (C=O) groups is 1. The number of aryl methyl sites for hydroxylation is 3. The summed E-state index contributed by atoms with van der Waals surface area (Å²) in [4.78, 5) is 27.6. The van der Waals surface area contributed by atoms with Crippen molar-refractivity contribution in [1.82, 2.24) is 24.3 Å². The molecule has 0 spiro atoms. The number of ether oxygens (including phenoxy) is 2. The number of rotatable bonds is 5. The zero-order valence-electron chi connectivity index (χ0n) is 20.3. The Morgan fingerprint density at radius 1 is 0.971 bits per heavy atom. The van der Waals surface area contributed by atoms with Gasteiger partial charge in [0.15, 0.2) is 5.65 Å². The number of imidazole rings is 1. The number of aromatic nitrogens is 3. The van der Waals surface area contributed by atoms with Crippen LogP contribution in [0.25, 0.3) is 11.2 Å². The van der Waals surface area contributed by atoms with Crippen molar-refractivity contribution in [2.45, 2.75) is 45.7 Å². The second-order valence-electron chi connectivity index (χ2n) is 9.22. The van der Waals surface area contributed by atoms with Crippen LogP contribution in [0.4, 0.5) is 0 Å². The molecular weight excluding hydrogens is 430 g/mol. The monoisotopic (exact) mass is 463 g/mol. The van der Waals surface area contributed by atoms with Crippen LogP contribution in [0.3, 0.4) is 0 Å². The Labute approximate surface area is 200 Å². The third kappa shape index (κ3) is 4.34. The summed E-state index contributed by atoms with van der Waals surface area (Å²) in [5.74, 6) is 2.80. The fourth-order valence-electron chi connectivity index (χ4n) is 5.10. The van der Waals surface area contributed by atoms with E-state index in [9.17, 15) is 4.79 Å². The normalized spacial score (nSPS) is 16.9. The Morgan fingerprint density at radius 2 is 1.79 bits per heavy atom. The van der Waals surface area contributed by atoms with Crippen molar-refractivity contribution in [2.75, 3.05) is 40.4 Å². The van der Waals surface area contributed by atoms with E-state index in [0.29, 0.717) is 18.7 Å². The Balaban J connectivity index is 1.32. The highest BCUT2D eigenvalue weighted by atomic mass is 16.5. The molecule has 3 aromatic rings. The first-order valence-electron chi connectivity index (χ1n) is 12.2. The van der Waals surface area contributed by atoms with Gasteiger partial charge in [0.2, 0.25) is 0 Å². The summed E-state index contributed by atoms with van der Waals surface area (Å²) in [6, 6.07) is 7.78. The van der Waals surface area contributed by atoms with Crippen molar-refractivity contribution in [1.29, 1.82) is 0 Å². The first kappa shape index (κ1) is 22.7. The molecule has 2 aromatic heterocycles. The number of amides is 1. The zero-order valence-corrected chi connectivity index (χ0v) is 20.3. The maximum absolute atomic E-state index is 13.6. The first-order valence-corrected chi connectivity index (χ1v) is 12.2. The van der Waals surface area contributed by atoms with Gasteiger partial charge in [-0.1, -0.05) is 6.42 Å². The quantitative estimate of drug-likeness (QED) is 0.577. The van der Waals surface area contributed by atoms with E-state index in [4.69, 9.17) is 19.4 Å². The molecule has 8 nitrogen and oxygen atoms in total. The van der Waals surface area contributed by atoms with Crippen LogP contribution >= 0.6 is 0 Å². The number of nitrogens with zero attached hydrogens (tertiary/aromatic N) is 5. The van der Waals surface area contributed by atoms with Crippen molar-refractivity contribution in [3.63, 3.8) is 0 Å². The third-order valence-electron chi connectivity index (χ3n) is 6.96. The fraction of sp³-hybridized carbons (Fsp3) is 0.500. The van der Waals surface area contributed by atoms with Gasteiger partial charge in [-0.2, -0.15) is 0 Å². The average molecular weight is 464 g/mol. The SMILES string of the molecule is COc1ccc(OC)c(CN2CCN(C(=O)c3cc(C)nc4c3nc3n4CCCCC3)CC2)c1. The molecular formula is C26H33N5O3. The van der Waals surface area contributed by atoms with Crippen LogP contribution in [-0.4, -0.2) is 70.6 Å². The van der Waals surface area contributed by atoms with Gasteiger partial charge < -0.3 is 18.9 Å². The lowest BCUT2D eigenvalue weighted by atomic mass is 10.1. The summed E-state index contributed by atoms with van der Waals surface area (Å²) in [5, 5.41) is 0. The summed E-state index contributed by atoms with van der Waals surface area (Å²) < 4.78 is 13.1. The summed E-state index contributed by atoms with van der Waals surface area (Å²) in [6.07, 6.45) is 4.45. The van der Waals surface area contributed by atoms with Crippen molar-refractivity contribution in [2.24, 2.45) is 0 Å². The van der Waals surface area contributed by atoms with Crippen molar-refractivity contribution in [3.8, 4) is 11.5 Å². The van der Waals surface area contributed by atoms with Crippen LogP contribution in [0.1, 0.15) is 46.7 Å². The van der Waals surface area contributed by atoms with Gasteiger partial charge in [0.1, 0.15) is 22.8 Å². The van der Waals surface area contributed by atoms with E-state index in [1.165, 1.54) is 6.42 Å². The van der Waals surface area contributed by atoms with Gasteiger partial charge in [0.25, 0.3) is 5.91 Å². The van der Waals surface area contributed by atoms with Crippen LogP contribution in [0.5, 0.6) is 11.5 Å². The molecule has 0 aliphatic carbocycles. The van der Waals surface area contributed by atoms with E-state index in [1.807, 2.05) is 36.1 Å². The molecule has 0 saturated carbocycles. The molecule has 0 N–H and O–H groups in total. The van der Waals surface area contributed by atoms with Crippen LogP contribution in [0, 0.1) is 6.92 Å². The predicted octanol–water partition coefficient (Wildman–Crippen LogP) is 3.44. The molecule has 2 aliphatic heterocycles. The molecule has 2 aliphatic rings. The Kier molecular flexibility index (Phi) is 6.41. The van der Waals surface area contributed by atoms with E-state index >= 15 is 0 Å². The Bertz CT molecular complexity index is 1200. The van der Waals surface area contributed by atoms with Crippen LogP contribution in [0.15, 0.2) is 24.3 Å². The van der Waals surface area contributed by atoms with Gasteiger partial charge >= 0.3 is 0 Å². The zero-order chi connectivity index (χ0) is 23.7. The molecule has 4 heterocycles. The van der Waals surface area contributed by atoms with Crippen LogP contribution < -0.4 is 9.47 Å². The molecule has 1 aromatic carbocycles. The van der Waals surface area contributed by atoms with Gasteiger partial charge in [-0.3, -0.25) is 9.69 Å². The summed E-state index contributed by atoms with van der Waals surface area (Å²) >= 11 is 0. The summed E-state index contributed by atoms with van der Waals surface area (Å²) in [6.45, 7) is 6.63. The fourth-order valence-corrected chi connectivity index (χ4v) is 5.10. The maximum atomic E-state index is 13.6. The molecule has 1 fully saturated rings. The van der Waals surface area contributed by atoms with Crippen molar-refractivity contribution >= 4 is 17.1 Å². The number of pyridine rings is 1. The van der Waals surface area contributed by atoms with E-state index in [1.54, 1.807) is 14.2 Å². The second-order valence-corrected chi connectivity index (χ2v) is 9.22. The van der Waals surface area contributed by atoms with Gasteiger partial charge in [0, 0.05) is 56.9 Å². The molecule has 180 valence electrons. The molecule has 1 amide bonds. The number of carbonyl (C=O) groups excluding carboxylic acids is 1. The van der Waals surface area contributed by atoms with Gasteiger partial charge in [-0.15, -0.1) is 0 Å². The van der Waals surface area contributed by atoms with Gasteiger partial charge in [0.05, 0.1) is 19.8 Å². The van der Waals surface area contributed by atoms with Gasteiger partial charge in [-0.05, 0) is 44.0 Å². The molecule has 1 saturated heterocycles. The second kappa shape index (κ2) is 9.62. The predicted molar refractivity (Wildman–Crippen MR) is 131 cm³/mol. The highest BCUT2D eigenvalue weighted by Gasteiger charge is 2.27. The van der Waals surface area contributed by atoms with Crippen LogP contribution in [-0.2, 0) is 19.5 Å². The topological polar surface area (TPSA) is 72.7 Å². The highest BCUT2D eigenvalue weighted by Crippen LogP contribution is 2.27. The number of hydrogen-bond donors (Lipinski definition) is 0. The molecule has 0 bridgehead atoms. The third-order valence-corrected chi connectivity index (χ3v) is 6.96. The Hall–Kier alpha value is -3.13. The van der Waals surface area contributed by atoms with E-state index in [0.717, 1.165) is 85.2 Å². The summed E-state index contributed by atoms with van der Waals surface area (Å²) in [5.41, 5.74) is 4.27. The minimum atomic E-state index is 0.0578. The molecule has 0 radical (unpaired) electrons. The van der Waals surface area contributed by atoms with E-state index < -0.39 is 0 Å². The van der Waals surface area contributed by atoms with Crippen molar-refractivity contribution < 1.29 is 14.3 Å². The highest BCUT2D eigenvalue weighted by molar-refractivity contribution is 6.04. The Morgan fingerprint density at radius 3 is 2.56 bits per heavy atom. The number of methoxy groups -OCH3 is 2. The standard InChI is InChI=1S/C26H33N5O3/c1-18-15-21(24-25(27-18)31-10-6-4-5-7-23(31)28-24)26(32)30-13-11-29(12-14-30)17-19-16-20(33-2)8-9-22(19)34-3/h8-9,15-16H,4-7,10-14,17H2,1-3H3. The number of piperazine rings is 1. The minimum Gasteiger partial charge on any atom is -0.497 e. The lowest BCUT2D eigenvalue weighted by Crippen LogP contribution is -2.48. The molecule has 0 unspecified atom stereocenters.